The number of amides is 1. The Labute approximate surface area is 128 Å². The number of hydrogen-bond donors (Lipinski definition) is 1. The molecule has 0 aliphatic carbocycles. The standard InChI is InChI=1S/C14H17Cl2N3O/c15-12-2-1-10(7-13(12)16)14(20)19-5-3-18(4-6-19)11-8-17-9-11/h1-2,7,11,17H,3-6,8-9H2. The van der Waals surface area contributed by atoms with Gasteiger partial charge in [0.2, 0.25) is 0 Å². The number of piperazine rings is 1. The van der Waals surface area contributed by atoms with Crippen LogP contribution in [-0.2, 0) is 0 Å². The van der Waals surface area contributed by atoms with Crippen molar-refractivity contribution in [1.29, 1.82) is 0 Å². The third-order valence-corrected chi connectivity index (χ3v) is 4.78. The lowest BCUT2D eigenvalue weighted by Gasteiger charge is -2.43. The van der Waals surface area contributed by atoms with Crippen LogP contribution in [-0.4, -0.2) is 61.0 Å². The van der Waals surface area contributed by atoms with Crippen LogP contribution in [0.2, 0.25) is 10.0 Å². The van der Waals surface area contributed by atoms with E-state index in [1.807, 2.05) is 4.90 Å². The summed E-state index contributed by atoms with van der Waals surface area (Å²) in [6.45, 7) is 5.57. The summed E-state index contributed by atoms with van der Waals surface area (Å²) in [5, 5.41) is 4.19. The number of hydrogen-bond acceptors (Lipinski definition) is 3. The van der Waals surface area contributed by atoms with Crippen LogP contribution in [0.5, 0.6) is 0 Å². The summed E-state index contributed by atoms with van der Waals surface area (Å²) in [7, 11) is 0. The molecule has 6 heteroatoms. The predicted molar refractivity (Wildman–Crippen MR) is 80.6 cm³/mol. The molecule has 20 heavy (non-hydrogen) atoms. The maximum Gasteiger partial charge on any atom is 0.253 e. The van der Waals surface area contributed by atoms with Crippen LogP contribution in [0.3, 0.4) is 0 Å². The van der Waals surface area contributed by atoms with E-state index in [0.717, 1.165) is 39.3 Å². The molecule has 2 heterocycles. The number of rotatable bonds is 2. The second-order valence-corrected chi connectivity index (χ2v) is 6.08. The van der Waals surface area contributed by atoms with Crippen molar-refractivity contribution in [3.05, 3.63) is 33.8 Å². The monoisotopic (exact) mass is 313 g/mol. The quantitative estimate of drug-likeness (QED) is 0.903. The molecule has 1 N–H and O–H groups in total. The van der Waals surface area contributed by atoms with Crippen molar-refractivity contribution in [3.63, 3.8) is 0 Å². The molecule has 2 fully saturated rings. The summed E-state index contributed by atoms with van der Waals surface area (Å²) in [5.41, 5.74) is 0.609. The Kier molecular flexibility index (Phi) is 4.17. The Bertz CT molecular complexity index is 511. The van der Waals surface area contributed by atoms with E-state index < -0.39 is 0 Å². The fourth-order valence-electron chi connectivity index (χ4n) is 2.63. The molecule has 1 aromatic rings. The predicted octanol–water partition coefficient (Wildman–Crippen LogP) is 1.72. The summed E-state index contributed by atoms with van der Waals surface area (Å²) >= 11 is 11.8. The van der Waals surface area contributed by atoms with Crippen molar-refractivity contribution in [1.82, 2.24) is 15.1 Å². The van der Waals surface area contributed by atoms with Crippen LogP contribution in [0.1, 0.15) is 10.4 Å². The summed E-state index contributed by atoms with van der Waals surface area (Å²) in [4.78, 5) is 16.8. The highest BCUT2D eigenvalue weighted by molar-refractivity contribution is 6.42. The third-order valence-electron chi connectivity index (χ3n) is 4.04. The molecular weight excluding hydrogens is 297 g/mol. The Morgan fingerprint density at radius 1 is 1.10 bits per heavy atom. The van der Waals surface area contributed by atoms with Gasteiger partial charge in [-0.2, -0.15) is 0 Å². The molecule has 0 bridgehead atoms. The van der Waals surface area contributed by atoms with Crippen LogP contribution < -0.4 is 5.32 Å². The maximum absolute atomic E-state index is 12.4. The zero-order chi connectivity index (χ0) is 14.1. The van der Waals surface area contributed by atoms with Gasteiger partial charge in [-0.05, 0) is 18.2 Å². The number of carbonyl (C=O) groups excluding carboxylic acids is 1. The average molecular weight is 314 g/mol. The van der Waals surface area contributed by atoms with Crippen molar-refractivity contribution < 1.29 is 4.79 Å². The highest BCUT2D eigenvalue weighted by atomic mass is 35.5. The van der Waals surface area contributed by atoms with Gasteiger partial charge in [0, 0.05) is 50.9 Å². The molecule has 0 spiro atoms. The van der Waals surface area contributed by atoms with Crippen molar-refractivity contribution in [2.75, 3.05) is 39.3 Å². The molecule has 108 valence electrons. The van der Waals surface area contributed by atoms with Crippen LogP contribution in [0.15, 0.2) is 18.2 Å². The molecule has 4 nitrogen and oxygen atoms in total. The number of halogens is 2. The summed E-state index contributed by atoms with van der Waals surface area (Å²) in [5.74, 6) is 0.0370. The molecule has 1 aromatic carbocycles. The molecule has 0 aromatic heterocycles. The molecule has 0 saturated carbocycles. The summed E-state index contributed by atoms with van der Waals surface area (Å²) in [6, 6.07) is 5.71. The van der Waals surface area contributed by atoms with Crippen molar-refractivity contribution in [2.24, 2.45) is 0 Å². The first-order valence-electron chi connectivity index (χ1n) is 6.84. The average Bonchev–Trinajstić information content (AvgIpc) is 2.40. The first-order chi connectivity index (χ1) is 9.65. The van der Waals surface area contributed by atoms with Gasteiger partial charge < -0.3 is 10.2 Å². The van der Waals surface area contributed by atoms with Gasteiger partial charge in [-0.15, -0.1) is 0 Å². The number of nitrogens with zero attached hydrogens (tertiary/aromatic N) is 2. The van der Waals surface area contributed by atoms with Gasteiger partial charge in [0.15, 0.2) is 0 Å². The van der Waals surface area contributed by atoms with Crippen LogP contribution >= 0.6 is 23.2 Å². The number of nitrogens with one attached hydrogen (secondary N) is 1. The lowest BCUT2D eigenvalue weighted by molar-refractivity contribution is 0.0502. The normalized spacial score (nSPS) is 20.8. The lowest BCUT2D eigenvalue weighted by atomic mass is 10.1. The topological polar surface area (TPSA) is 35.6 Å². The summed E-state index contributed by atoms with van der Waals surface area (Å²) < 4.78 is 0. The van der Waals surface area contributed by atoms with E-state index in [0.29, 0.717) is 21.7 Å². The number of benzene rings is 1. The SMILES string of the molecule is O=C(c1ccc(Cl)c(Cl)c1)N1CCN(C2CNC2)CC1. The smallest absolute Gasteiger partial charge is 0.253 e. The minimum atomic E-state index is 0.0370. The van der Waals surface area contributed by atoms with Gasteiger partial charge in [0.25, 0.3) is 5.91 Å². The minimum Gasteiger partial charge on any atom is -0.336 e. The van der Waals surface area contributed by atoms with Crippen molar-refractivity contribution in [2.45, 2.75) is 6.04 Å². The van der Waals surface area contributed by atoms with Gasteiger partial charge >= 0.3 is 0 Å². The van der Waals surface area contributed by atoms with Crippen molar-refractivity contribution in [3.8, 4) is 0 Å². The molecule has 2 aliphatic heterocycles. The van der Waals surface area contributed by atoms with E-state index in [-0.39, 0.29) is 5.91 Å². The van der Waals surface area contributed by atoms with Crippen LogP contribution in [0.4, 0.5) is 0 Å². The molecule has 1 amide bonds. The van der Waals surface area contributed by atoms with E-state index >= 15 is 0 Å². The highest BCUT2D eigenvalue weighted by Crippen LogP contribution is 2.23. The fraction of sp³-hybridized carbons (Fsp3) is 0.500. The Morgan fingerprint density at radius 3 is 2.35 bits per heavy atom. The zero-order valence-corrected chi connectivity index (χ0v) is 12.6. The molecule has 0 radical (unpaired) electrons. The van der Waals surface area contributed by atoms with Gasteiger partial charge in [-0.25, -0.2) is 0 Å². The second kappa shape index (κ2) is 5.90. The van der Waals surface area contributed by atoms with Crippen LogP contribution in [0, 0.1) is 0 Å². The molecule has 0 unspecified atom stereocenters. The van der Waals surface area contributed by atoms with E-state index in [1.54, 1.807) is 18.2 Å². The third kappa shape index (κ3) is 2.79. The molecule has 0 atom stereocenters. The molecule has 2 aliphatic rings. The van der Waals surface area contributed by atoms with Crippen LogP contribution in [0.25, 0.3) is 0 Å². The van der Waals surface area contributed by atoms with Gasteiger partial charge in [-0.1, -0.05) is 23.2 Å². The zero-order valence-electron chi connectivity index (χ0n) is 11.1. The van der Waals surface area contributed by atoms with Gasteiger partial charge in [0.1, 0.15) is 0 Å². The first-order valence-corrected chi connectivity index (χ1v) is 7.60. The van der Waals surface area contributed by atoms with Gasteiger partial charge in [-0.3, -0.25) is 9.69 Å². The maximum atomic E-state index is 12.4. The lowest BCUT2D eigenvalue weighted by Crippen LogP contribution is -2.62. The molecular formula is C14H17Cl2N3O. The summed E-state index contributed by atoms with van der Waals surface area (Å²) in [6.07, 6.45) is 0. The largest absolute Gasteiger partial charge is 0.336 e. The number of carbonyl (C=O) groups is 1. The fourth-order valence-corrected chi connectivity index (χ4v) is 2.93. The first kappa shape index (κ1) is 14.1. The van der Waals surface area contributed by atoms with E-state index in [1.165, 1.54) is 0 Å². The minimum absolute atomic E-state index is 0.0370. The van der Waals surface area contributed by atoms with Crippen molar-refractivity contribution >= 4 is 29.1 Å². The Hall–Kier alpha value is -0.810. The van der Waals surface area contributed by atoms with E-state index in [2.05, 4.69) is 10.2 Å². The molecule has 2 saturated heterocycles. The van der Waals surface area contributed by atoms with E-state index in [9.17, 15) is 4.79 Å². The van der Waals surface area contributed by atoms with Gasteiger partial charge in [0.05, 0.1) is 10.0 Å². The highest BCUT2D eigenvalue weighted by Gasteiger charge is 2.29. The second-order valence-electron chi connectivity index (χ2n) is 5.27. The Morgan fingerprint density at radius 2 is 1.80 bits per heavy atom. The Balaban J connectivity index is 1.62. The molecule has 3 rings (SSSR count). The van der Waals surface area contributed by atoms with E-state index in [4.69, 9.17) is 23.2 Å².